The van der Waals surface area contributed by atoms with E-state index in [1.807, 2.05) is 24.3 Å². The molecule has 0 N–H and O–H groups in total. The zero-order valence-corrected chi connectivity index (χ0v) is 15.5. The Kier molecular flexibility index (Phi) is 4.66. The molecule has 124 valence electrons. The van der Waals surface area contributed by atoms with Crippen molar-refractivity contribution in [1.82, 2.24) is 4.98 Å². The molecule has 0 aliphatic rings. The number of rotatable bonds is 4. The maximum atomic E-state index is 9.45. The number of aromatic nitrogens is 1. The fourth-order valence-corrected chi connectivity index (χ4v) is 4.32. The Morgan fingerprint density at radius 2 is 1.65 bits per heavy atom. The molecule has 0 spiro atoms. The number of hydrogen-bond donors (Lipinski definition) is 0. The number of nitriles is 1. The van der Waals surface area contributed by atoms with Gasteiger partial charge in [-0.1, -0.05) is 0 Å². The Bertz CT molecular complexity index is 1070. The van der Waals surface area contributed by atoms with E-state index in [1.165, 1.54) is 11.1 Å². The number of benzene rings is 2. The average Bonchev–Trinajstić information content (AvgIpc) is 3.39. The van der Waals surface area contributed by atoms with Gasteiger partial charge in [-0.05, 0) is 0 Å². The number of hydrogen-bond acceptors (Lipinski definition) is 3. The molecule has 0 atom stereocenters. The summed E-state index contributed by atoms with van der Waals surface area (Å²) in [5.74, 6) is 0.667. The maximum absolute atomic E-state index is 9.45. The molecule has 2 aromatic heterocycles. The molecule has 0 unspecified atom stereocenters. The first-order valence-corrected chi connectivity index (χ1v) is 9.95. The summed E-state index contributed by atoms with van der Waals surface area (Å²) in [6.45, 7) is 0. The second-order valence-electron chi connectivity index (χ2n) is 5.67. The predicted octanol–water partition coefficient (Wildman–Crippen LogP) is 5.13. The van der Waals surface area contributed by atoms with E-state index >= 15 is 0 Å². The van der Waals surface area contributed by atoms with Gasteiger partial charge in [-0.2, -0.15) is 0 Å². The summed E-state index contributed by atoms with van der Waals surface area (Å²) in [6.07, 6.45) is 3.34. The Morgan fingerprint density at radius 1 is 0.923 bits per heavy atom. The summed E-state index contributed by atoms with van der Waals surface area (Å²) < 4.78 is 6.13. The first-order valence-electron chi connectivity index (χ1n) is 8.10. The molecule has 0 aliphatic heterocycles. The molecule has 4 rings (SSSR count). The molecule has 0 aliphatic carbocycles. The van der Waals surface area contributed by atoms with Crippen LogP contribution in [0.5, 0.6) is 0 Å². The minimum atomic E-state index is 0.0432. The van der Waals surface area contributed by atoms with Gasteiger partial charge in [0, 0.05) is 0 Å². The van der Waals surface area contributed by atoms with Gasteiger partial charge in [0.05, 0.1) is 0 Å². The van der Waals surface area contributed by atoms with Crippen LogP contribution in [0, 0.1) is 11.3 Å². The van der Waals surface area contributed by atoms with Gasteiger partial charge < -0.3 is 0 Å². The molecule has 0 radical (unpaired) electrons. The SMILES string of the molecule is N#C/C(=C\c1ccco1)c1nc(-c2ccc(-c3ccccc3)cc2)c[se]1. The molecule has 2 aromatic carbocycles. The quantitative estimate of drug-likeness (QED) is 0.352. The Labute approximate surface area is 157 Å². The standard InChI is InChI=1S/C22H14N2OSe/c23-14-19(13-20-7-4-12-25-20)22-24-21(15-26-22)18-10-8-17(9-11-18)16-5-2-1-3-6-16/h1-13,15H/b19-13+. The van der Waals surface area contributed by atoms with E-state index in [-0.39, 0.29) is 14.5 Å². The molecule has 0 fully saturated rings. The van der Waals surface area contributed by atoms with Gasteiger partial charge in [0.1, 0.15) is 0 Å². The van der Waals surface area contributed by atoms with Crippen LogP contribution in [0.4, 0.5) is 0 Å². The first kappa shape index (κ1) is 16.4. The molecule has 2 heterocycles. The summed E-state index contributed by atoms with van der Waals surface area (Å²) in [5, 5.41) is 9.45. The molecule has 26 heavy (non-hydrogen) atoms. The number of furan rings is 1. The van der Waals surface area contributed by atoms with E-state index in [0.717, 1.165) is 15.8 Å². The zero-order valence-electron chi connectivity index (χ0n) is 13.8. The Morgan fingerprint density at radius 3 is 2.35 bits per heavy atom. The topological polar surface area (TPSA) is 49.8 Å². The second kappa shape index (κ2) is 7.41. The van der Waals surface area contributed by atoms with Crippen LogP contribution in [0.15, 0.2) is 82.4 Å². The monoisotopic (exact) mass is 402 g/mol. The van der Waals surface area contributed by atoms with Gasteiger partial charge in [-0.25, -0.2) is 0 Å². The normalized spacial score (nSPS) is 11.3. The fourth-order valence-electron chi connectivity index (χ4n) is 2.65. The fraction of sp³-hybridized carbons (Fsp3) is 0. The summed E-state index contributed by atoms with van der Waals surface area (Å²) in [7, 11) is 0. The van der Waals surface area contributed by atoms with Gasteiger partial charge in [-0.3, -0.25) is 0 Å². The van der Waals surface area contributed by atoms with Gasteiger partial charge in [0.2, 0.25) is 0 Å². The van der Waals surface area contributed by atoms with Crippen LogP contribution in [0.25, 0.3) is 34.0 Å². The molecule has 3 nitrogen and oxygen atoms in total. The van der Waals surface area contributed by atoms with Crippen LogP contribution in [-0.4, -0.2) is 19.5 Å². The Hall–Kier alpha value is -3.12. The number of nitrogens with zero attached hydrogens (tertiary/aromatic N) is 2. The third kappa shape index (κ3) is 3.45. The average molecular weight is 401 g/mol. The van der Waals surface area contributed by atoms with Gasteiger partial charge >= 0.3 is 158 Å². The van der Waals surface area contributed by atoms with Crippen molar-refractivity contribution in [2.45, 2.75) is 0 Å². The van der Waals surface area contributed by atoms with E-state index in [1.54, 1.807) is 18.4 Å². The summed E-state index contributed by atoms with van der Waals surface area (Å²) in [4.78, 5) is 6.80. The Balaban J connectivity index is 1.61. The van der Waals surface area contributed by atoms with Crippen LogP contribution >= 0.6 is 0 Å². The van der Waals surface area contributed by atoms with Crippen molar-refractivity contribution in [2.24, 2.45) is 0 Å². The molecule has 4 heteroatoms. The van der Waals surface area contributed by atoms with Crippen LogP contribution < -0.4 is 0 Å². The third-order valence-electron chi connectivity index (χ3n) is 3.97. The molecule has 0 bridgehead atoms. The van der Waals surface area contributed by atoms with Crippen molar-refractivity contribution in [3.05, 3.63) is 88.3 Å². The van der Waals surface area contributed by atoms with Crippen LogP contribution in [0.1, 0.15) is 10.3 Å². The second-order valence-corrected chi connectivity index (χ2v) is 7.47. The van der Waals surface area contributed by atoms with E-state index in [2.05, 4.69) is 52.4 Å². The zero-order chi connectivity index (χ0) is 17.8. The van der Waals surface area contributed by atoms with E-state index in [9.17, 15) is 5.26 Å². The number of allylic oxidation sites excluding steroid dienone is 1. The van der Waals surface area contributed by atoms with E-state index < -0.39 is 0 Å². The predicted molar refractivity (Wildman–Crippen MR) is 104 cm³/mol. The minimum absolute atomic E-state index is 0.0432. The molecular formula is C22H14N2OSe. The van der Waals surface area contributed by atoms with Gasteiger partial charge in [-0.15, -0.1) is 0 Å². The van der Waals surface area contributed by atoms with Crippen molar-refractivity contribution < 1.29 is 4.42 Å². The van der Waals surface area contributed by atoms with E-state index in [4.69, 9.17) is 4.42 Å². The van der Waals surface area contributed by atoms with Crippen LogP contribution in [0.3, 0.4) is 0 Å². The summed E-state index contributed by atoms with van der Waals surface area (Å²) >= 11 is 0.0432. The first-order chi connectivity index (χ1) is 12.8. The molecule has 0 saturated carbocycles. The molecule has 4 aromatic rings. The van der Waals surface area contributed by atoms with Crippen molar-refractivity contribution in [3.63, 3.8) is 0 Å². The third-order valence-corrected chi connectivity index (χ3v) is 5.81. The van der Waals surface area contributed by atoms with Crippen molar-refractivity contribution >= 4 is 26.2 Å². The van der Waals surface area contributed by atoms with Crippen molar-refractivity contribution in [2.75, 3.05) is 0 Å². The summed E-state index contributed by atoms with van der Waals surface area (Å²) in [5.41, 5.74) is 4.93. The molecule has 0 amide bonds. The van der Waals surface area contributed by atoms with E-state index in [0.29, 0.717) is 11.3 Å². The van der Waals surface area contributed by atoms with Crippen LogP contribution in [0.2, 0.25) is 0 Å². The van der Waals surface area contributed by atoms with Gasteiger partial charge in [0.15, 0.2) is 0 Å². The molecular weight excluding hydrogens is 387 g/mol. The van der Waals surface area contributed by atoms with Crippen LogP contribution in [-0.2, 0) is 0 Å². The summed E-state index contributed by atoms with van der Waals surface area (Å²) in [6, 6.07) is 24.5. The van der Waals surface area contributed by atoms with Crippen molar-refractivity contribution in [3.8, 4) is 28.5 Å². The van der Waals surface area contributed by atoms with Crippen molar-refractivity contribution in [1.29, 1.82) is 5.26 Å². The molecule has 0 saturated heterocycles. The van der Waals surface area contributed by atoms with Gasteiger partial charge in [0.25, 0.3) is 0 Å².